The standard InChI is InChI=1S/C16H20Cl2N2O.ClH/c1-20(12-7-10-5-6-11(8-12)19-10)16(21)9-13-14(17)3-2-4-15(13)18;/h2-4,10-12,19H,5-9H2,1H3;1H. The maximum absolute atomic E-state index is 12.5. The Morgan fingerprint density at radius 3 is 2.32 bits per heavy atom. The molecule has 1 aromatic rings. The van der Waals surface area contributed by atoms with Crippen LogP contribution in [0.5, 0.6) is 0 Å². The number of likely N-dealkylation sites (N-methyl/N-ethyl adjacent to an activating group) is 1. The predicted octanol–water partition coefficient (Wildman–Crippen LogP) is 3.70. The highest BCUT2D eigenvalue weighted by Crippen LogP contribution is 2.30. The summed E-state index contributed by atoms with van der Waals surface area (Å²) in [6, 6.07) is 6.84. The van der Waals surface area contributed by atoms with Gasteiger partial charge in [0.15, 0.2) is 0 Å². The van der Waals surface area contributed by atoms with Crippen LogP contribution >= 0.6 is 35.6 Å². The molecule has 2 unspecified atom stereocenters. The number of hydrogen-bond donors (Lipinski definition) is 1. The van der Waals surface area contributed by atoms with Gasteiger partial charge in [-0.3, -0.25) is 4.79 Å². The summed E-state index contributed by atoms with van der Waals surface area (Å²) in [7, 11) is 1.91. The Hall–Kier alpha value is -0.480. The molecule has 2 aliphatic rings. The van der Waals surface area contributed by atoms with Crippen LogP contribution in [-0.2, 0) is 11.2 Å². The quantitative estimate of drug-likeness (QED) is 0.888. The molecule has 1 aromatic carbocycles. The molecule has 2 saturated heterocycles. The topological polar surface area (TPSA) is 32.3 Å². The molecule has 1 N–H and O–H groups in total. The van der Waals surface area contributed by atoms with Crippen molar-refractivity contribution in [2.45, 2.75) is 50.2 Å². The molecule has 3 nitrogen and oxygen atoms in total. The fourth-order valence-corrected chi connectivity index (χ4v) is 4.06. The number of piperidine rings is 1. The molecule has 0 aromatic heterocycles. The minimum Gasteiger partial charge on any atom is -0.342 e. The highest BCUT2D eigenvalue weighted by atomic mass is 35.5. The van der Waals surface area contributed by atoms with Gasteiger partial charge in [0.25, 0.3) is 0 Å². The van der Waals surface area contributed by atoms with Gasteiger partial charge in [-0.05, 0) is 43.4 Å². The summed E-state index contributed by atoms with van der Waals surface area (Å²) in [5.41, 5.74) is 0.731. The molecule has 1 amide bonds. The zero-order chi connectivity index (χ0) is 15.0. The van der Waals surface area contributed by atoms with Crippen LogP contribution in [0.3, 0.4) is 0 Å². The fourth-order valence-electron chi connectivity index (χ4n) is 3.52. The number of benzene rings is 1. The largest absolute Gasteiger partial charge is 0.342 e. The summed E-state index contributed by atoms with van der Waals surface area (Å²) in [4.78, 5) is 14.4. The van der Waals surface area contributed by atoms with E-state index in [-0.39, 0.29) is 24.7 Å². The second-order valence-corrected chi connectivity index (χ2v) is 6.96. The number of rotatable bonds is 3. The Bertz CT molecular complexity index is 520. The number of nitrogens with zero attached hydrogens (tertiary/aromatic N) is 1. The third-order valence-electron chi connectivity index (χ3n) is 4.78. The van der Waals surface area contributed by atoms with Crippen LogP contribution in [0.15, 0.2) is 18.2 Å². The normalized spacial score (nSPS) is 26.4. The van der Waals surface area contributed by atoms with Gasteiger partial charge in [0, 0.05) is 35.2 Å². The van der Waals surface area contributed by atoms with Gasteiger partial charge in [-0.25, -0.2) is 0 Å². The van der Waals surface area contributed by atoms with E-state index in [1.54, 1.807) is 18.2 Å². The first-order valence-electron chi connectivity index (χ1n) is 7.49. The summed E-state index contributed by atoms with van der Waals surface area (Å²) < 4.78 is 0. The molecule has 0 radical (unpaired) electrons. The molecule has 6 heteroatoms. The van der Waals surface area contributed by atoms with E-state index in [0.717, 1.165) is 18.4 Å². The molecule has 122 valence electrons. The molecule has 2 heterocycles. The van der Waals surface area contributed by atoms with E-state index in [1.807, 2.05) is 11.9 Å². The molecule has 2 atom stereocenters. The Balaban J connectivity index is 0.00000176. The van der Waals surface area contributed by atoms with Gasteiger partial charge < -0.3 is 10.2 Å². The zero-order valence-corrected chi connectivity index (χ0v) is 14.8. The highest BCUT2D eigenvalue weighted by Gasteiger charge is 2.36. The summed E-state index contributed by atoms with van der Waals surface area (Å²) in [6.07, 6.45) is 4.84. The average molecular weight is 364 g/mol. The van der Waals surface area contributed by atoms with Crippen LogP contribution in [0.2, 0.25) is 10.0 Å². The monoisotopic (exact) mass is 362 g/mol. The second-order valence-electron chi connectivity index (χ2n) is 6.14. The Kier molecular flexibility index (Phi) is 6.00. The number of halogens is 3. The van der Waals surface area contributed by atoms with Crippen molar-refractivity contribution in [1.29, 1.82) is 0 Å². The summed E-state index contributed by atoms with van der Waals surface area (Å²) in [5.74, 6) is 0.0938. The summed E-state index contributed by atoms with van der Waals surface area (Å²) in [5, 5.41) is 4.73. The van der Waals surface area contributed by atoms with E-state index in [9.17, 15) is 4.79 Å². The lowest BCUT2D eigenvalue weighted by molar-refractivity contribution is -0.131. The van der Waals surface area contributed by atoms with Crippen molar-refractivity contribution >= 4 is 41.5 Å². The lowest BCUT2D eigenvalue weighted by atomic mass is 9.98. The molecule has 22 heavy (non-hydrogen) atoms. The molecular weight excluding hydrogens is 343 g/mol. The van der Waals surface area contributed by atoms with Crippen molar-refractivity contribution in [2.24, 2.45) is 0 Å². The number of nitrogens with one attached hydrogen (secondary N) is 1. The predicted molar refractivity (Wildman–Crippen MR) is 93.2 cm³/mol. The van der Waals surface area contributed by atoms with Crippen molar-refractivity contribution in [2.75, 3.05) is 7.05 Å². The SMILES string of the molecule is CN(C(=O)Cc1c(Cl)cccc1Cl)C1CC2CCC(C1)N2.Cl. The van der Waals surface area contributed by atoms with E-state index in [2.05, 4.69) is 5.32 Å². The van der Waals surface area contributed by atoms with Crippen LogP contribution in [0.1, 0.15) is 31.2 Å². The third-order valence-corrected chi connectivity index (χ3v) is 5.49. The molecule has 2 aliphatic heterocycles. The maximum Gasteiger partial charge on any atom is 0.227 e. The van der Waals surface area contributed by atoms with Crippen LogP contribution in [0.4, 0.5) is 0 Å². The number of carbonyl (C=O) groups excluding carboxylic acids is 1. The van der Waals surface area contributed by atoms with Gasteiger partial charge in [0.05, 0.1) is 6.42 Å². The Morgan fingerprint density at radius 1 is 1.23 bits per heavy atom. The lowest BCUT2D eigenvalue weighted by Crippen LogP contribution is -2.49. The van der Waals surface area contributed by atoms with Crippen LogP contribution in [0.25, 0.3) is 0 Å². The molecule has 2 fully saturated rings. The number of amides is 1. The van der Waals surface area contributed by atoms with Gasteiger partial charge in [0.1, 0.15) is 0 Å². The van der Waals surface area contributed by atoms with Crippen LogP contribution in [0, 0.1) is 0 Å². The lowest BCUT2D eigenvalue weighted by Gasteiger charge is -2.35. The van der Waals surface area contributed by atoms with Gasteiger partial charge >= 0.3 is 0 Å². The van der Waals surface area contributed by atoms with Crippen molar-refractivity contribution in [3.8, 4) is 0 Å². The van der Waals surface area contributed by atoms with Crippen LogP contribution < -0.4 is 5.32 Å². The van der Waals surface area contributed by atoms with Crippen molar-refractivity contribution in [1.82, 2.24) is 10.2 Å². The van der Waals surface area contributed by atoms with Gasteiger partial charge in [-0.15, -0.1) is 12.4 Å². The van der Waals surface area contributed by atoms with Gasteiger partial charge in [-0.1, -0.05) is 29.3 Å². The summed E-state index contributed by atoms with van der Waals surface area (Å²) >= 11 is 12.3. The minimum atomic E-state index is 0. The fraction of sp³-hybridized carbons (Fsp3) is 0.562. The molecule has 2 bridgehead atoms. The molecule has 0 spiro atoms. The van der Waals surface area contributed by atoms with E-state index in [0.29, 0.717) is 28.2 Å². The molecule has 3 rings (SSSR count). The van der Waals surface area contributed by atoms with Crippen molar-refractivity contribution in [3.63, 3.8) is 0 Å². The first-order valence-corrected chi connectivity index (χ1v) is 8.25. The Labute approximate surface area is 147 Å². The molecular formula is C16H21Cl3N2O. The van der Waals surface area contributed by atoms with Crippen LogP contribution in [-0.4, -0.2) is 36.0 Å². The van der Waals surface area contributed by atoms with Crippen molar-refractivity contribution in [3.05, 3.63) is 33.8 Å². The van der Waals surface area contributed by atoms with Gasteiger partial charge in [0.2, 0.25) is 5.91 Å². The first kappa shape index (κ1) is 17.9. The average Bonchev–Trinajstić information content (AvgIpc) is 2.80. The maximum atomic E-state index is 12.5. The van der Waals surface area contributed by atoms with E-state index >= 15 is 0 Å². The highest BCUT2D eigenvalue weighted by molar-refractivity contribution is 6.36. The van der Waals surface area contributed by atoms with E-state index in [1.165, 1.54) is 12.8 Å². The zero-order valence-electron chi connectivity index (χ0n) is 12.5. The molecule has 0 saturated carbocycles. The first-order chi connectivity index (χ1) is 10.0. The number of fused-ring (bicyclic) bond motifs is 2. The minimum absolute atomic E-state index is 0. The van der Waals surface area contributed by atoms with E-state index < -0.39 is 0 Å². The third kappa shape index (κ3) is 3.70. The van der Waals surface area contributed by atoms with Crippen molar-refractivity contribution < 1.29 is 4.79 Å². The number of carbonyl (C=O) groups is 1. The Morgan fingerprint density at radius 2 is 1.77 bits per heavy atom. The number of hydrogen-bond acceptors (Lipinski definition) is 2. The molecule has 0 aliphatic carbocycles. The van der Waals surface area contributed by atoms with E-state index in [4.69, 9.17) is 23.2 Å². The second kappa shape index (κ2) is 7.39. The smallest absolute Gasteiger partial charge is 0.227 e. The van der Waals surface area contributed by atoms with Gasteiger partial charge in [-0.2, -0.15) is 0 Å². The summed E-state index contributed by atoms with van der Waals surface area (Å²) in [6.45, 7) is 0.